The number of fused-ring (bicyclic) bond motifs is 3. The average molecular weight is 534 g/mol. The van der Waals surface area contributed by atoms with Gasteiger partial charge in [-0.1, -0.05) is 91.0 Å². The summed E-state index contributed by atoms with van der Waals surface area (Å²) in [7, 11) is 0. The first kappa shape index (κ1) is 26.8. The third kappa shape index (κ3) is 6.24. The van der Waals surface area contributed by atoms with Crippen LogP contribution in [0, 0.1) is 0 Å². The largest absolute Gasteiger partial charge is 0.478 e. The number of carbonyl (C=O) groups is 2. The number of hydrogen-bond acceptors (Lipinski definition) is 4. The Labute approximate surface area is 232 Å². The van der Waals surface area contributed by atoms with Gasteiger partial charge in [0.1, 0.15) is 16.8 Å². The highest BCUT2D eigenvalue weighted by Gasteiger charge is 2.19. The molecule has 0 radical (unpaired) electrons. The molecule has 5 aromatic rings. The van der Waals surface area contributed by atoms with E-state index in [4.69, 9.17) is 14.3 Å². The van der Waals surface area contributed by atoms with Crippen LogP contribution in [0.4, 0.5) is 4.79 Å². The summed E-state index contributed by atoms with van der Waals surface area (Å²) < 4.78 is 11.5. The van der Waals surface area contributed by atoms with Gasteiger partial charge in [-0.3, -0.25) is 0 Å². The fourth-order valence-electron chi connectivity index (χ4n) is 4.73. The Balaban J connectivity index is 1.33. The summed E-state index contributed by atoms with van der Waals surface area (Å²) in [4.78, 5) is 23.3. The summed E-state index contributed by atoms with van der Waals surface area (Å²) in [6.45, 7) is 5.33. The molecule has 0 aliphatic heterocycles. The van der Waals surface area contributed by atoms with Crippen LogP contribution >= 0.6 is 0 Å². The minimum absolute atomic E-state index is 0.420. The molecule has 0 spiro atoms. The van der Waals surface area contributed by atoms with Crippen LogP contribution in [0.2, 0.25) is 0 Å². The predicted octanol–water partition coefficient (Wildman–Crippen LogP) is 8.00. The molecule has 6 nitrogen and oxygen atoms in total. The van der Waals surface area contributed by atoms with Crippen LogP contribution in [0.3, 0.4) is 0 Å². The molecule has 1 amide bonds. The Morgan fingerprint density at radius 1 is 0.850 bits per heavy atom. The zero-order valence-corrected chi connectivity index (χ0v) is 22.7. The van der Waals surface area contributed by atoms with Crippen LogP contribution in [0.1, 0.15) is 26.3 Å². The number of nitrogens with one attached hydrogen (secondary N) is 1. The number of ether oxygens (including phenoxy) is 1. The molecule has 1 unspecified atom stereocenters. The lowest BCUT2D eigenvalue weighted by atomic mass is 9.97. The van der Waals surface area contributed by atoms with Crippen LogP contribution < -0.4 is 5.32 Å². The number of aliphatic carboxylic acids is 1. The molecule has 0 saturated carbocycles. The number of para-hydroxylation sites is 2. The SMILES string of the molecule is CC(C)(C)OC(=O)NC(C=CC(=O)O)Cc1ccc(-c2ccc(-c3cccc4c3oc3ccccc34)cc2)cc1. The first-order chi connectivity index (χ1) is 19.2. The molecule has 2 N–H and O–H groups in total. The summed E-state index contributed by atoms with van der Waals surface area (Å²) in [6.07, 6.45) is 2.32. The molecule has 5 rings (SSSR count). The normalized spacial score (nSPS) is 12.6. The second kappa shape index (κ2) is 11.1. The number of amides is 1. The Morgan fingerprint density at radius 3 is 2.15 bits per heavy atom. The van der Waals surface area contributed by atoms with Gasteiger partial charge in [-0.25, -0.2) is 9.59 Å². The van der Waals surface area contributed by atoms with Crippen LogP contribution in [-0.2, 0) is 16.0 Å². The molecule has 1 aromatic heterocycles. The van der Waals surface area contributed by atoms with Crippen molar-refractivity contribution in [3.8, 4) is 22.3 Å². The van der Waals surface area contributed by atoms with Gasteiger partial charge in [0.25, 0.3) is 0 Å². The van der Waals surface area contributed by atoms with Crippen molar-refractivity contribution < 1.29 is 23.8 Å². The molecule has 1 heterocycles. The van der Waals surface area contributed by atoms with E-state index in [-0.39, 0.29) is 0 Å². The first-order valence-corrected chi connectivity index (χ1v) is 13.2. The van der Waals surface area contributed by atoms with Gasteiger partial charge in [0.05, 0.1) is 6.04 Å². The number of alkyl carbamates (subject to hydrolysis) is 1. The maximum Gasteiger partial charge on any atom is 0.408 e. The minimum atomic E-state index is -1.08. The van der Waals surface area contributed by atoms with E-state index in [9.17, 15) is 9.59 Å². The molecule has 4 aromatic carbocycles. The fourth-order valence-corrected chi connectivity index (χ4v) is 4.73. The maximum absolute atomic E-state index is 12.3. The minimum Gasteiger partial charge on any atom is -0.478 e. The lowest BCUT2D eigenvalue weighted by Gasteiger charge is -2.22. The third-order valence-electron chi connectivity index (χ3n) is 6.52. The highest BCUT2D eigenvalue weighted by atomic mass is 16.6. The van der Waals surface area contributed by atoms with Crippen molar-refractivity contribution in [1.82, 2.24) is 5.32 Å². The molecule has 1 atom stereocenters. The standard InChI is InChI=1S/C34H31NO5/c1-34(2,3)40-33(38)35-26(19-20-31(36)37)21-22-11-13-23(14-12-22)24-15-17-25(18-16-24)27-8-6-9-29-28-7-4-5-10-30(28)39-32(27)29/h4-20,26H,21H2,1-3H3,(H,35,38)(H,36,37). The van der Waals surface area contributed by atoms with Crippen molar-refractivity contribution in [3.05, 3.63) is 109 Å². The fraction of sp³-hybridized carbons (Fsp3) is 0.176. The number of carboxylic acids is 1. The summed E-state index contributed by atoms with van der Waals surface area (Å²) in [5, 5.41) is 14.0. The highest BCUT2D eigenvalue weighted by Crippen LogP contribution is 2.36. The molecule has 0 aliphatic carbocycles. The summed E-state index contributed by atoms with van der Waals surface area (Å²) >= 11 is 0. The molecule has 40 heavy (non-hydrogen) atoms. The molecule has 0 fully saturated rings. The topological polar surface area (TPSA) is 88.8 Å². The van der Waals surface area contributed by atoms with Crippen LogP contribution in [-0.4, -0.2) is 28.8 Å². The average Bonchev–Trinajstić information content (AvgIpc) is 3.30. The second-order valence-electron chi connectivity index (χ2n) is 10.7. The zero-order chi connectivity index (χ0) is 28.3. The number of carboxylic acid groups (broad SMARTS) is 1. The number of furan rings is 1. The first-order valence-electron chi connectivity index (χ1n) is 13.2. The van der Waals surface area contributed by atoms with Crippen LogP contribution in [0.5, 0.6) is 0 Å². The van der Waals surface area contributed by atoms with E-state index in [1.807, 2.05) is 42.5 Å². The maximum atomic E-state index is 12.3. The highest BCUT2D eigenvalue weighted by molar-refractivity contribution is 6.09. The molecule has 202 valence electrons. The van der Waals surface area contributed by atoms with E-state index in [0.717, 1.165) is 55.8 Å². The smallest absolute Gasteiger partial charge is 0.408 e. The van der Waals surface area contributed by atoms with E-state index in [0.29, 0.717) is 6.42 Å². The van der Waals surface area contributed by atoms with Crippen LogP contribution in [0.25, 0.3) is 44.2 Å². The van der Waals surface area contributed by atoms with Crippen molar-refractivity contribution in [1.29, 1.82) is 0 Å². The predicted molar refractivity (Wildman–Crippen MR) is 158 cm³/mol. The van der Waals surface area contributed by atoms with Crippen molar-refractivity contribution in [2.75, 3.05) is 0 Å². The molecule has 6 heteroatoms. The Morgan fingerprint density at radius 2 is 1.48 bits per heavy atom. The number of hydrogen-bond donors (Lipinski definition) is 2. The van der Waals surface area contributed by atoms with Gasteiger partial charge in [0, 0.05) is 22.4 Å². The van der Waals surface area contributed by atoms with E-state index in [1.54, 1.807) is 20.8 Å². The van der Waals surface area contributed by atoms with Crippen LogP contribution in [0.15, 0.2) is 108 Å². The van der Waals surface area contributed by atoms with E-state index >= 15 is 0 Å². The van der Waals surface area contributed by atoms with Crippen molar-refractivity contribution in [2.45, 2.75) is 38.8 Å². The summed E-state index contributed by atoms with van der Waals surface area (Å²) in [6, 6.07) is 30.2. The van der Waals surface area contributed by atoms with Gasteiger partial charge in [-0.05, 0) is 55.5 Å². The van der Waals surface area contributed by atoms with Crippen molar-refractivity contribution in [2.24, 2.45) is 0 Å². The van der Waals surface area contributed by atoms with Gasteiger partial charge in [-0.2, -0.15) is 0 Å². The van der Waals surface area contributed by atoms with Crippen molar-refractivity contribution >= 4 is 34.0 Å². The lowest BCUT2D eigenvalue weighted by molar-refractivity contribution is -0.131. The molecule has 0 saturated heterocycles. The van der Waals surface area contributed by atoms with Gasteiger partial charge in [-0.15, -0.1) is 0 Å². The quantitative estimate of drug-likeness (QED) is 0.207. The molecule has 0 bridgehead atoms. The van der Waals surface area contributed by atoms with Gasteiger partial charge in [0.2, 0.25) is 0 Å². The van der Waals surface area contributed by atoms with E-state index in [2.05, 4.69) is 53.8 Å². The number of carbonyl (C=O) groups excluding carboxylic acids is 1. The van der Waals surface area contributed by atoms with E-state index < -0.39 is 23.7 Å². The van der Waals surface area contributed by atoms with Crippen molar-refractivity contribution in [3.63, 3.8) is 0 Å². The number of benzene rings is 4. The zero-order valence-electron chi connectivity index (χ0n) is 22.7. The summed E-state index contributed by atoms with van der Waals surface area (Å²) in [5.74, 6) is -1.08. The molecular weight excluding hydrogens is 502 g/mol. The van der Waals surface area contributed by atoms with Gasteiger partial charge in [0.15, 0.2) is 0 Å². The van der Waals surface area contributed by atoms with Gasteiger partial charge >= 0.3 is 12.1 Å². The summed E-state index contributed by atoms with van der Waals surface area (Å²) in [5.41, 5.74) is 6.31. The second-order valence-corrected chi connectivity index (χ2v) is 10.7. The Hall–Kier alpha value is -4.84. The van der Waals surface area contributed by atoms with Gasteiger partial charge < -0.3 is 19.6 Å². The third-order valence-corrected chi connectivity index (χ3v) is 6.52. The monoisotopic (exact) mass is 533 g/mol. The Kier molecular flexibility index (Phi) is 7.43. The molecular formula is C34H31NO5. The number of rotatable bonds is 7. The lowest BCUT2D eigenvalue weighted by Crippen LogP contribution is -2.39. The van der Waals surface area contributed by atoms with E-state index in [1.165, 1.54) is 6.08 Å². The molecule has 0 aliphatic rings. The Bertz CT molecular complexity index is 1690.